The van der Waals surface area contributed by atoms with Gasteiger partial charge in [-0.1, -0.05) is 43.9 Å². The number of benzene rings is 2. The molecule has 1 atom stereocenters. The van der Waals surface area contributed by atoms with Gasteiger partial charge in [-0.2, -0.15) is 0 Å². The van der Waals surface area contributed by atoms with Crippen molar-refractivity contribution in [3.05, 3.63) is 53.9 Å². The Bertz CT molecular complexity index is 969. The number of hydrogen-bond donors (Lipinski definition) is 3. The Hall–Kier alpha value is -2.66. The number of carbonyl (C=O) groups excluding carboxylic acids is 1. The fourth-order valence-corrected chi connectivity index (χ4v) is 3.94. The number of nitrogens with one attached hydrogen (secondary N) is 2. The number of aliphatic hydroxyl groups excluding tert-OH is 1. The van der Waals surface area contributed by atoms with E-state index in [4.69, 9.17) is 0 Å². The molecule has 0 bridgehead atoms. The largest absolute Gasteiger partial charge is 0.385 e. The highest BCUT2D eigenvalue weighted by molar-refractivity contribution is 5.96. The average molecular weight is 377 g/mol. The second-order valence-corrected chi connectivity index (χ2v) is 7.77. The van der Waals surface area contributed by atoms with Crippen molar-refractivity contribution in [1.29, 1.82) is 0 Å². The van der Waals surface area contributed by atoms with Gasteiger partial charge in [0.1, 0.15) is 11.9 Å². The van der Waals surface area contributed by atoms with Crippen LogP contribution in [-0.2, 0) is 0 Å². The van der Waals surface area contributed by atoms with Crippen molar-refractivity contribution in [3.8, 4) is 11.1 Å². The Kier molecular flexibility index (Phi) is 5.44. The summed E-state index contributed by atoms with van der Waals surface area (Å²) in [6, 6.07) is 14.0. The molecule has 0 radical (unpaired) electrons. The number of H-pyrrole nitrogens is 1. The van der Waals surface area contributed by atoms with E-state index >= 15 is 0 Å². The maximum Gasteiger partial charge on any atom is 0.251 e. The van der Waals surface area contributed by atoms with Crippen LogP contribution < -0.4 is 5.32 Å². The number of nitrogens with zero attached hydrogens (tertiary/aromatic N) is 1. The molecule has 1 aromatic heterocycles. The molecule has 1 saturated carbocycles. The van der Waals surface area contributed by atoms with Crippen molar-refractivity contribution >= 4 is 16.9 Å². The molecule has 4 rings (SSSR count). The summed E-state index contributed by atoms with van der Waals surface area (Å²) in [6.45, 7) is 1.69. The number of fused-ring (bicyclic) bond motifs is 1. The number of rotatable bonds is 4. The van der Waals surface area contributed by atoms with Crippen LogP contribution in [0.25, 0.3) is 22.2 Å². The molecular formula is C23H27N3O2. The number of hydrogen-bond acceptors (Lipinski definition) is 3. The first-order valence-electron chi connectivity index (χ1n) is 10.2. The van der Waals surface area contributed by atoms with Crippen molar-refractivity contribution in [2.75, 3.05) is 0 Å². The second kappa shape index (κ2) is 8.15. The number of amides is 1. The van der Waals surface area contributed by atoms with Gasteiger partial charge in [0, 0.05) is 11.6 Å². The molecule has 1 heterocycles. The number of aliphatic hydroxyl groups is 1. The van der Waals surface area contributed by atoms with Gasteiger partial charge in [0.2, 0.25) is 0 Å². The van der Waals surface area contributed by atoms with Crippen LogP contribution in [0.2, 0.25) is 0 Å². The van der Waals surface area contributed by atoms with E-state index in [-0.39, 0.29) is 5.91 Å². The summed E-state index contributed by atoms with van der Waals surface area (Å²) in [7, 11) is 0. The summed E-state index contributed by atoms with van der Waals surface area (Å²) in [5.74, 6) is 0.566. The zero-order valence-corrected chi connectivity index (χ0v) is 16.2. The highest BCUT2D eigenvalue weighted by Crippen LogP contribution is 2.25. The molecule has 0 spiro atoms. The quantitative estimate of drug-likeness (QED) is 0.575. The van der Waals surface area contributed by atoms with E-state index in [1.165, 1.54) is 25.7 Å². The monoisotopic (exact) mass is 377 g/mol. The van der Waals surface area contributed by atoms with Crippen molar-refractivity contribution in [2.45, 2.75) is 57.6 Å². The van der Waals surface area contributed by atoms with Gasteiger partial charge in [0.25, 0.3) is 5.91 Å². The van der Waals surface area contributed by atoms with E-state index in [0.29, 0.717) is 17.4 Å². The SMILES string of the molecule is CC(O)c1nc2ccc(-c3cccc(C(=O)NC4CCCCCC4)c3)cc2[nH]1. The molecule has 1 amide bonds. The molecule has 146 valence electrons. The highest BCUT2D eigenvalue weighted by atomic mass is 16.3. The van der Waals surface area contributed by atoms with Gasteiger partial charge in [-0.3, -0.25) is 4.79 Å². The van der Waals surface area contributed by atoms with Crippen molar-refractivity contribution < 1.29 is 9.90 Å². The van der Waals surface area contributed by atoms with Gasteiger partial charge in [0.05, 0.1) is 11.0 Å². The zero-order chi connectivity index (χ0) is 19.5. The van der Waals surface area contributed by atoms with Gasteiger partial charge in [-0.15, -0.1) is 0 Å². The summed E-state index contributed by atoms with van der Waals surface area (Å²) < 4.78 is 0. The minimum atomic E-state index is -0.633. The van der Waals surface area contributed by atoms with E-state index in [1.807, 2.05) is 42.5 Å². The fourth-order valence-electron chi connectivity index (χ4n) is 3.94. The predicted octanol–water partition coefficient (Wildman–Crippen LogP) is 4.74. The van der Waals surface area contributed by atoms with Crippen LogP contribution in [-0.4, -0.2) is 27.0 Å². The van der Waals surface area contributed by atoms with E-state index in [1.54, 1.807) is 6.92 Å². The first kappa shape index (κ1) is 18.7. The third kappa shape index (κ3) is 4.09. The summed E-state index contributed by atoms with van der Waals surface area (Å²) in [5.41, 5.74) is 4.39. The van der Waals surface area contributed by atoms with Crippen molar-refractivity contribution in [3.63, 3.8) is 0 Å². The average Bonchev–Trinajstić information content (AvgIpc) is 2.98. The first-order valence-corrected chi connectivity index (χ1v) is 10.2. The van der Waals surface area contributed by atoms with Gasteiger partial charge in [0.15, 0.2) is 0 Å². The molecular weight excluding hydrogens is 350 g/mol. The molecule has 1 aliphatic rings. The number of aromatic amines is 1. The topological polar surface area (TPSA) is 78.0 Å². The molecule has 5 nitrogen and oxygen atoms in total. The maximum atomic E-state index is 12.7. The van der Waals surface area contributed by atoms with Crippen molar-refractivity contribution in [1.82, 2.24) is 15.3 Å². The third-order valence-electron chi connectivity index (χ3n) is 5.54. The van der Waals surface area contributed by atoms with E-state index in [2.05, 4.69) is 15.3 Å². The smallest absolute Gasteiger partial charge is 0.251 e. The second-order valence-electron chi connectivity index (χ2n) is 7.77. The highest BCUT2D eigenvalue weighted by Gasteiger charge is 2.16. The van der Waals surface area contributed by atoms with Crippen LogP contribution in [0.3, 0.4) is 0 Å². The van der Waals surface area contributed by atoms with Crippen LogP contribution in [0.5, 0.6) is 0 Å². The number of aromatic nitrogens is 2. The van der Waals surface area contributed by atoms with E-state index in [9.17, 15) is 9.90 Å². The van der Waals surface area contributed by atoms with Crippen LogP contribution in [0.15, 0.2) is 42.5 Å². The molecule has 3 N–H and O–H groups in total. The molecule has 0 aliphatic heterocycles. The molecule has 1 unspecified atom stereocenters. The number of carbonyl (C=O) groups is 1. The molecule has 1 aliphatic carbocycles. The summed E-state index contributed by atoms with van der Waals surface area (Å²) in [5, 5.41) is 12.9. The standard InChI is InChI=1S/C23H27N3O2/c1-15(27)22-25-20-12-11-17(14-21(20)26-22)16-7-6-8-18(13-16)23(28)24-19-9-4-2-3-5-10-19/h6-8,11-15,19,27H,2-5,9-10H2,1H3,(H,24,28)(H,25,26). The lowest BCUT2D eigenvalue weighted by Gasteiger charge is -2.16. The molecule has 1 fully saturated rings. The van der Waals surface area contributed by atoms with Crippen LogP contribution in [0.4, 0.5) is 0 Å². The molecule has 28 heavy (non-hydrogen) atoms. The van der Waals surface area contributed by atoms with Crippen LogP contribution in [0.1, 0.15) is 67.7 Å². The van der Waals surface area contributed by atoms with Crippen LogP contribution in [0, 0.1) is 0 Å². The maximum absolute atomic E-state index is 12.7. The lowest BCUT2D eigenvalue weighted by molar-refractivity contribution is 0.0933. The lowest BCUT2D eigenvalue weighted by atomic mass is 10.0. The zero-order valence-electron chi connectivity index (χ0n) is 16.2. The van der Waals surface area contributed by atoms with Gasteiger partial charge in [-0.25, -0.2) is 4.98 Å². The summed E-state index contributed by atoms with van der Waals surface area (Å²) >= 11 is 0. The first-order chi connectivity index (χ1) is 13.6. The predicted molar refractivity (Wildman–Crippen MR) is 111 cm³/mol. The lowest BCUT2D eigenvalue weighted by Crippen LogP contribution is -2.34. The fraction of sp³-hybridized carbons (Fsp3) is 0.391. The van der Waals surface area contributed by atoms with E-state index < -0.39 is 6.10 Å². The normalized spacial score (nSPS) is 16.6. The Morgan fingerprint density at radius 2 is 1.86 bits per heavy atom. The van der Waals surface area contributed by atoms with Gasteiger partial charge in [-0.05, 0) is 55.2 Å². The van der Waals surface area contributed by atoms with Gasteiger partial charge >= 0.3 is 0 Å². The third-order valence-corrected chi connectivity index (χ3v) is 5.54. The van der Waals surface area contributed by atoms with Gasteiger partial charge < -0.3 is 15.4 Å². The molecule has 5 heteroatoms. The van der Waals surface area contributed by atoms with E-state index in [0.717, 1.165) is 35.0 Å². The minimum Gasteiger partial charge on any atom is -0.385 e. The van der Waals surface area contributed by atoms with Crippen molar-refractivity contribution in [2.24, 2.45) is 0 Å². The Balaban J connectivity index is 1.56. The summed E-state index contributed by atoms with van der Waals surface area (Å²) in [4.78, 5) is 20.3. The molecule has 3 aromatic rings. The van der Waals surface area contributed by atoms with Crippen LogP contribution >= 0.6 is 0 Å². The summed E-state index contributed by atoms with van der Waals surface area (Å²) in [6.07, 6.45) is 6.46. The molecule has 2 aromatic carbocycles. The molecule has 0 saturated heterocycles. The Morgan fingerprint density at radius 3 is 2.61 bits per heavy atom. The Morgan fingerprint density at radius 1 is 1.11 bits per heavy atom. The Labute approximate surface area is 165 Å². The number of imidazole rings is 1. The minimum absolute atomic E-state index is 0.00719.